The van der Waals surface area contributed by atoms with Crippen molar-refractivity contribution in [3.05, 3.63) is 47.2 Å². The first kappa shape index (κ1) is 15.0. The van der Waals surface area contributed by atoms with E-state index in [1.54, 1.807) is 12.1 Å². The van der Waals surface area contributed by atoms with Gasteiger partial charge in [-0.3, -0.25) is 0 Å². The molecule has 1 heterocycles. The van der Waals surface area contributed by atoms with Crippen LogP contribution in [-0.4, -0.2) is 15.3 Å². The number of aromatic nitrogens is 2. The Kier molecular flexibility index (Phi) is 3.64. The van der Waals surface area contributed by atoms with E-state index in [4.69, 9.17) is 0 Å². The van der Waals surface area contributed by atoms with Crippen molar-refractivity contribution >= 4 is 0 Å². The molecule has 0 bridgehead atoms. The van der Waals surface area contributed by atoms with Crippen molar-refractivity contribution in [1.82, 2.24) is 10.2 Å². The summed E-state index contributed by atoms with van der Waals surface area (Å²) in [5, 5.41) is 18.3. The minimum atomic E-state index is -4.40. The Labute approximate surface area is 125 Å². The molecular formula is C16H15F3N2O. The normalized spacial score (nSPS) is 21.5. The number of benzene rings is 1. The highest BCUT2D eigenvalue weighted by molar-refractivity contribution is 5.61. The maximum atomic E-state index is 12.8. The highest BCUT2D eigenvalue weighted by atomic mass is 19.4. The summed E-state index contributed by atoms with van der Waals surface area (Å²) in [5.74, 6) is 0.316. The molecule has 0 spiro atoms. The van der Waals surface area contributed by atoms with E-state index in [9.17, 15) is 18.3 Å². The zero-order valence-electron chi connectivity index (χ0n) is 11.9. The van der Waals surface area contributed by atoms with Gasteiger partial charge in [-0.15, -0.1) is 0 Å². The molecule has 22 heavy (non-hydrogen) atoms. The van der Waals surface area contributed by atoms with Crippen LogP contribution < -0.4 is 0 Å². The van der Waals surface area contributed by atoms with Crippen LogP contribution in [-0.2, 0) is 12.6 Å². The van der Waals surface area contributed by atoms with Gasteiger partial charge in [-0.2, -0.15) is 23.4 Å². The van der Waals surface area contributed by atoms with Gasteiger partial charge in [-0.1, -0.05) is 19.1 Å². The summed E-state index contributed by atoms with van der Waals surface area (Å²) in [7, 11) is 0. The Balaban J connectivity index is 2.02. The molecule has 2 aromatic rings. The zero-order chi connectivity index (χ0) is 15.9. The Morgan fingerprint density at radius 1 is 1.18 bits per heavy atom. The molecule has 0 aliphatic heterocycles. The van der Waals surface area contributed by atoms with Crippen molar-refractivity contribution in [2.75, 3.05) is 0 Å². The monoisotopic (exact) mass is 308 g/mol. The third-order valence-corrected chi connectivity index (χ3v) is 3.92. The highest BCUT2D eigenvalue weighted by Crippen LogP contribution is 2.35. The van der Waals surface area contributed by atoms with Crippen molar-refractivity contribution in [1.29, 1.82) is 0 Å². The van der Waals surface area contributed by atoms with E-state index in [2.05, 4.69) is 10.2 Å². The van der Waals surface area contributed by atoms with E-state index in [-0.39, 0.29) is 0 Å². The van der Waals surface area contributed by atoms with Crippen LogP contribution in [0.3, 0.4) is 0 Å². The molecule has 1 N–H and O–H groups in total. The van der Waals surface area contributed by atoms with Crippen LogP contribution in [0.25, 0.3) is 11.3 Å². The first-order valence-corrected chi connectivity index (χ1v) is 7.07. The Hall–Kier alpha value is -1.95. The Bertz CT molecular complexity index is 700. The van der Waals surface area contributed by atoms with Crippen LogP contribution in [0.5, 0.6) is 0 Å². The molecular weight excluding hydrogens is 293 g/mol. The third kappa shape index (κ3) is 2.83. The highest BCUT2D eigenvalue weighted by Gasteiger charge is 2.31. The Morgan fingerprint density at radius 2 is 1.95 bits per heavy atom. The van der Waals surface area contributed by atoms with E-state index in [0.29, 0.717) is 29.2 Å². The zero-order valence-corrected chi connectivity index (χ0v) is 11.9. The third-order valence-electron chi connectivity index (χ3n) is 3.92. The molecule has 3 nitrogen and oxygen atoms in total. The average Bonchev–Trinajstić information content (AvgIpc) is 2.46. The molecule has 0 saturated heterocycles. The lowest BCUT2D eigenvalue weighted by molar-refractivity contribution is -0.137. The molecule has 0 amide bonds. The number of aliphatic hydroxyl groups excluding tert-OH is 1. The maximum Gasteiger partial charge on any atom is 0.416 e. The van der Waals surface area contributed by atoms with Gasteiger partial charge < -0.3 is 5.11 Å². The quantitative estimate of drug-likeness (QED) is 0.872. The summed E-state index contributed by atoms with van der Waals surface area (Å²) in [4.78, 5) is 0. The SMILES string of the molecule is C[C@H]1Cc2nnc(-c3cccc(C(F)(F)F)c3)cc2[C@@H](O)C1. The molecule has 3 rings (SSSR count). The van der Waals surface area contributed by atoms with Crippen molar-refractivity contribution < 1.29 is 18.3 Å². The fraction of sp³-hybridized carbons (Fsp3) is 0.375. The molecule has 0 radical (unpaired) electrons. The fourth-order valence-corrected chi connectivity index (χ4v) is 2.80. The first-order chi connectivity index (χ1) is 10.3. The largest absolute Gasteiger partial charge is 0.416 e. The predicted molar refractivity (Wildman–Crippen MR) is 74.9 cm³/mol. The van der Waals surface area contributed by atoms with Crippen LogP contribution in [0.2, 0.25) is 0 Å². The fourth-order valence-electron chi connectivity index (χ4n) is 2.80. The maximum absolute atomic E-state index is 12.8. The van der Waals surface area contributed by atoms with Gasteiger partial charge in [0.15, 0.2) is 0 Å². The molecule has 1 aliphatic carbocycles. The number of halogens is 3. The molecule has 0 saturated carbocycles. The lowest BCUT2D eigenvalue weighted by Crippen LogP contribution is -2.18. The molecule has 0 unspecified atom stereocenters. The molecule has 1 aliphatic rings. The number of hydrogen-bond donors (Lipinski definition) is 1. The van der Waals surface area contributed by atoms with Gasteiger partial charge in [0.05, 0.1) is 23.1 Å². The summed E-state index contributed by atoms with van der Waals surface area (Å²) >= 11 is 0. The minimum Gasteiger partial charge on any atom is -0.388 e. The van der Waals surface area contributed by atoms with Gasteiger partial charge >= 0.3 is 6.18 Å². The lowest BCUT2D eigenvalue weighted by Gasteiger charge is -2.25. The number of alkyl halides is 3. The Morgan fingerprint density at radius 3 is 2.68 bits per heavy atom. The van der Waals surface area contributed by atoms with E-state index >= 15 is 0 Å². The smallest absolute Gasteiger partial charge is 0.388 e. The van der Waals surface area contributed by atoms with Crippen LogP contribution in [0, 0.1) is 5.92 Å². The summed E-state index contributed by atoms with van der Waals surface area (Å²) < 4.78 is 38.4. The summed E-state index contributed by atoms with van der Waals surface area (Å²) in [6.07, 6.45) is -3.69. The molecule has 0 fully saturated rings. The van der Waals surface area contributed by atoms with Crippen molar-refractivity contribution in [3.8, 4) is 11.3 Å². The topological polar surface area (TPSA) is 46.0 Å². The summed E-state index contributed by atoms with van der Waals surface area (Å²) in [5.41, 5.74) is 1.36. The molecule has 2 atom stereocenters. The number of hydrogen-bond acceptors (Lipinski definition) is 3. The first-order valence-electron chi connectivity index (χ1n) is 7.07. The summed E-state index contributed by atoms with van der Waals surface area (Å²) in [6, 6.07) is 6.62. The second-order valence-electron chi connectivity index (χ2n) is 5.77. The predicted octanol–water partition coefficient (Wildman–Crippen LogP) is 3.78. The molecule has 1 aromatic heterocycles. The van der Waals surface area contributed by atoms with Crippen LogP contribution in [0.1, 0.15) is 36.3 Å². The van der Waals surface area contributed by atoms with Crippen molar-refractivity contribution in [2.45, 2.75) is 32.0 Å². The second-order valence-corrected chi connectivity index (χ2v) is 5.77. The van der Waals surface area contributed by atoms with Gasteiger partial charge in [0.2, 0.25) is 0 Å². The van der Waals surface area contributed by atoms with Crippen LogP contribution in [0.4, 0.5) is 13.2 Å². The standard InChI is InChI=1S/C16H15F3N2O/c1-9-5-14-12(15(22)6-9)8-13(20-21-14)10-3-2-4-11(7-10)16(17,18)19/h2-4,7-9,15,22H,5-6H2,1H3/t9-,15-/m0/s1. The van der Waals surface area contributed by atoms with E-state index in [0.717, 1.165) is 24.2 Å². The molecule has 1 aromatic carbocycles. The second kappa shape index (κ2) is 5.35. The minimum absolute atomic E-state index is 0.316. The number of aliphatic hydroxyl groups is 1. The molecule has 116 valence electrons. The molecule has 6 heteroatoms. The van der Waals surface area contributed by atoms with Crippen molar-refractivity contribution in [3.63, 3.8) is 0 Å². The van der Waals surface area contributed by atoms with Crippen molar-refractivity contribution in [2.24, 2.45) is 5.92 Å². The van der Waals surface area contributed by atoms with Crippen LogP contribution >= 0.6 is 0 Å². The summed E-state index contributed by atoms with van der Waals surface area (Å²) in [6.45, 7) is 2.02. The van der Waals surface area contributed by atoms with Gasteiger partial charge in [0.1, 0.15) is 0 Å². The van der Waals surface area contributed by atoms with Crippen LogP contribution in [0.15, 0.2) is 30.3 Å². The van der Waals surface area contributed by atoms with Gasteiger partial charge in [0.25, 0.3) is 0 Å². The van der Waals surface area contributed by atoms with Gasteiger partial charge in [-0.05, 0) is 37.0 Å². The van der Waals surface area contributed by atoms with E-state index in [1.807, 2.05) is 6.92 Å². The van der Waals surface area contributed by atoms with E-state index in [1.165, 1.54) is 6.07 Å². The number of rotatable bonds is 1. The van der Waals surface area contributed by atoms with E-state index < -0.39 is 17.8 Å². The average molecular weight is 308 g/mol. The lowest BCUT2D eigenvalue weighted by atomic mass is 9.86. The van der Waals surface area contributed by atoms with Gasteiger partial charge in [0, 0.05) is 11.1 Å². The number of fused-ring (bicyclic) bond motifs is 1. The number of nitrogens with zero attached hydrogens (tertiary/aromatic N) is 2. The van der Waals surface area contributed by atoms with Gasteiger partial charge in [-0.25, -0.2) is 0 Å².